The first-order valence-corrected chi connectivity index (χ1v) is 6.33. The summed E-state index contributed by atoms with van der Waals surface area (Å²) in [6.45, 7) is 5.47. The summed E-state index contributed by atoms with van der Waals surface area (Å²) in [5, 5.41) is 3.37. The van der Waals surface area contributed by atoms with Crippen molar-refractivity contribution in [3.8, 4) is 0 Å². The second-order valence-electron chi connectivity index (χ2n) is 4.96. The third-order valence-electron chi connectivity index (χ3n) is 4.08. The molecule has 0 aromatic heterocycles. The molecule has 1 aromatic rings. The molecule has 1 aliphatic heterocycles. The molecule has 3 unspecified atom stereocenters. The molecule has 0 bridgehead atoms. The maximum Gasteiger partial charge on any atom is 0.125 e. The summed E-state index contributed by atoms with van der Waals surface area (Å²) in [6, 6.07) is 7.90. The normalized spacial score (nSPS) is 29.4. The van der Waals surface area contributed by atoms with E-state index in [0.29, 0.717) is 18.0 Å². The molecule has 2 nitrogen and oxygen atoms in total. The van der Waals surface area contributed by atoms with Gasteiger partial charge in [0.15, 0.2) is 0 Å². The highest BCUT2D eigenvalue weighted by atomic mass is 19.1. The van der Waals surface area contributed by atoms with Gasteiger partial charge in [0.1, 0.15) is 5.82 Å². The first-order valence-electron chi connectivity index (χ1n) is 6.33. The summed E-state index contributed by atoms with van der Waals surface area (Å²) >= 11 is 0. The van der Waals surface area contributed by atoms with E-state index in [1.807, 2.05) is 13.1 Å². The van der Waals surface area contributed by atoms with Crippen LogP contribution in [-0.2, 0) is 0 Å². The number of rotatable bonds is 2. The average molecular weight is 236 g/mol. The zero-order valence-corrected chi connectivity index (χ0v) is 10.8. The minimum absolute atomic E-state index is 0.155. The van der Waals surface area contributed by atoms with Crippen LogP contribution in [0.3, 0.4) is 0 Å². The largest absolute Gasteiger partial charge is 0.368 e. The van der Waals surface area contributed by atoms with E-state index < -0.39 is 0 Å². The summed E-state index contributed by atoms with van der Waals surface area (Å²) in [4.78, 5) is 2.31. The number of hydrogen-bond donors (Lipinski definition) is 1. The number of benzene rings is 1. The van der Waals surface area contributed by atoms with E-state index in [0.717, 1.165) is 18.7 Å². The number of nitrogens with zero attached hydrogens (tertiary/aromatic N) is 1. The van der Waals surface area contributed by atoms with Gasteiger partial charge in [-0.1, -0.05) is 13.0 Å². The summed E-state index contributed by atoms with van der Waals surface area (Å²) < 4.78 is 13.3. The third-order valence-corrected chi connectivity index (χ3v) is 4.08. The van der Waals surface area contributed by atoms with Crippen molar-refractivity contribution in [2.75, 3.05) is 18.5 Å². The van der Waals surface area contributed by atoms with Gasteiger partial charge >= 0.3 is 0 Å². The molecule has 0 saturated carbocycles. The van der Waals surface area contributed by atoms with Crippen LogP contribution in [0.25, 0.3) is 0 Å². The number of piperidine rings is 1. The number of halogens is 1. The van der Waals surface area contributed by atoms with Gasteiger partial charge < -0.3 is 10.2 Å². The Labute approximate surface area is 103 Å². The van der Waals surface area contributed by atoms with Gasteiger partial charge in [-0.2, -0.15) is 0 Å². The number of anilines is 1. The Kier molecular flexibility index (Phi) is 3.67. The van der Waals surface area contributed by atoms with Crippen LogP contribution in [0, 0.1) is 11.7 Å². The fourth-order valence-corrected chi connectivity index (χ4v) is 2.79. The van der Waals surface area contributed by atoms with Gasteiger partial charge in [0.2, 0.25) is 0 Å². The Balaban J connectivity index is 2.18. The molecule has 0 spiro atoms. The van der Waals surface area contributed by atoms with Crippen LogP contribution >= 0.6 is 0 Å². The molecule has 1 N–H and O–H groups in total. The van der Waals surface area contributed by atoms with Gasteiger partial charge in [0.25, 0.3) is 0 Å². The molecule has 1 heterocycles. The van der Waals surface area contributed by atoms with Gasteiger partial charge in [0.05, 0.1) is 0 Å². The molecular weight excluding hydrogens is 215 g/mol. The van der Waals surface area contributed by atoms with E-state index in [2.05, 4.69) is 24.1 Å². The van der Waals surface area contributed by atoms with Crippen LogP contribution in [0.4, 0.5) is 10.1 Å². The molecule has 2 rings (SSSR count). The lowest BCUT2D eigenvalue weighted by Crippen LogP contribution is -2.52. The lowest BCUT2D eigenvalue weighted by atomic mass is 9.87. The molecule has 1 aliphatic rings. The van der Waals surface area contributed by atoms with E-state index in [1.54, 1.807) is 12.1 Å². The fourth-order valence-electron chi connectivity index (χ4n) is 2.79. The van der Waals surface area contributed by atoms with Crippen LogP contribution < -0.4 is 10.2 Å². The number of nitrogens with one attached hydrogen (secondary N) is 1. The minimum atomic E-state index is -0.155. The van der Waals surface area contributed by atoms with E-state index in [9.17, 15) is 4.39 Å². The highest BCUT2D eigenvalue weighted by molar-refractivity contribution is 5.48. The van der Waals surface area contributed by atoms with Crippen molar-refractivity contribution in [3.63, 3.8) is 0 Å². The molecule has 0 aliphatic carbocycles. The van der Waals surface area contributed by atoms with Crippen molar-refractivity contribution in [1.82, 2.24) is 5.32 Å². The highest BCUT2D eigenvalue weighted by Gasteiger charge is 2.31. The van der Waals surface area contributed by atoms with E-state index in [1.165, 1.54) is 6.07 Å². The first-order chi connectivity index (χ1) is 8.13. The van der Waals surface area contributed by atoms with Crippen molar-refractivity contribution in [2.45, 2.75) is 32.4 Å². The minimum Gasteiger partial charge on any atom is -0.368 e. The Hall–Kier alpha value is -1.09. The van der Waals surface area contributed by atoms with Crippen molar-refractivity contribution >= 4 is 5.69 Å². The summed E-state index contributed by atoms with van der Waals surface area (Å²) in [6.07, 6.45) is 1.11. The van der Waals surface area contributed by atoms with Gasteiger partial charge in [-0.3, -0.25) is 0 Å². The van der Waals surface area contributed by atoms with E-state index in [-0.39, 0.29) is 5.82 Å². The van der Waals surface area contributed by atoms with Gasteiger partial charge in [-0.15, -0.1) is 0 Å². The molecule has 1 aromatic carbocycles. The molecule has 3 heteroatoms. The topological polar surface area (TPSA) is 15.3 Å². The Bertz CT molecular complexity index is 380. The van der Waals surface area contributed by atoms with Crippen LogP contribution in [0.15, 0.2) is 24.3 Å². The summed E-state index contributed by atoms with van der Waals surface area (Å²) in [5.41, 5.74) is 0.999. The molecule has 0 amide bonds. The molecular formula is C14H21FN2. The van der Waals surface area contributed by atoms with Gasteiger partial charge in [-0.25, -0.2) is 4.39 Å². The molecule has 1 saturated heterocycles. The van der Waals surface area contributed by atoms with Crippen molar-refractivity contribution in [1.29, 1.82) is 0 Å². The maximum atomic E-state index is 13.3. The van der Waals surface area contributed by atoms with Crippen molar-refractivity contribution < 1.29 is 4.39 Å². The van der Waals surface area contributed by atoms with E-state index >= 15 is 0 Å². The quantitative estimate of drug-likeness (QED) is 0.849. The lowest BCUT2D eigenvalue weighted by Gasteiger charge is -2.44. The Morgan fingerprint density at radius 1 is 1.35 bits per heavy atom. The maximum absolute atomic E-state index is 13.3. The summed E-state index contributed by atoms with van der Waals surface area (Å²) in [5.74, 6) is 0.412. The second-order valence-corrected chi connectivity index (χ2v) is 4.96. The monoisotopic (exact) mass is 236 g/mol. The summed E-state index contributed by atoms with van der Waals surface area (Å²) in [7, 11) is 2.02. The molecule has 3 atom stereocenters. The lowest BCUT2D eigenvalue weighted by molar-refractivity contribution is 0.282. The third kappa shape index (κ3) is 2.44. The Morgan fingerprint density at radius 2 is 2.12 bits per heavy atom. The fraction of sp³-hybridized carbons (Fsp3) is 0.571. The van der Waals surface area contributed by atoms with Crippen LogP contribution in [0.1, 0.15) is 20.3 Å². The van der Waals surface area contributed by atoms with Crippen molar-refractivity contribution in [2.24, 2.45) is 5.92 Å². The smallest absolute Gasteiger partial charge is 0.125 e. The molecule has 17 heavy (non-hydrogen) atoms. The first kappa shape index (κ1) is 12.4. The predicted octanol–water partition coefficient (Wildman–Crippen LogP) is 2.65. The Morgan fingerprint density at radius 3 is 2.76 bits per heavy atom. The van der Waals surface area contributed by atoms with Gasteiger partial charge in [0, 0.05) is 24.3 Å². The van der Waals surface area contributed by atoms with Crippen LogP contribution in [0.5, 0.6) is 0 Å². The number of hydrogen-bond acceptors (Lipinski definition) is 2. The predicted molar refractivity (Wildman–Crippen MR) is 69.8 cm³/mol. The molecule has 0 radical (unpaired) electrons. The van der Waals surface area contributed by atoms with Gasteiger partial charge in [-0.05, 0) is 44.5 Å². The SMILES string of the molecule is CNC1CCN(c2cccc(F)c2)C(C)C1C. The standard InChI is InChI=1S/C14H21FN2/c1-10-11(2)17(8-7-14(10)16-3)13-6-4-5-12(15)9-13/h4-6,9-11,14,16H,7-8H2,1-3H3. The second kappa shape index (κ2) is 5.05. The zero-order valence-electron chi connectivity index (χ0n) is 10.8. The zero-order chi connectivity index (χ0) is 12.4. The van der Waals surface area contributed by atoms with E-state index in [4.69, 9.17) is 0 Å². The average Bonchev–Trinajstić information content (AvgIpc) is 2.32. The highest BCUT2D eigenvalue weighted by Crippen LogP contribution is 2.28. The van der Waals surface area contributed by atoms with Crippen molar-refractivity contribution in [3.05, 3.63) is 30.1 Å². The molecule has 94 valence electrons. The van der Waals surface area contributed by atoms with Crippen LogP contribution in [-0.4, -0.2) is 25.7 Å². The van der Waals surface area contributed by atoms with Crippen LogP contribution in [0.2, 0.25) is 0 Å². The molecule has 1 fully saturated rings.